The van der Waals surface area contributed by atoms with Gasteiger partial charge in [0.1, 0.15) is 11.4 Å². The van der Waals surface area contributed by atoms with Crippen molar-refractivity contribution in [2.24, 2.45) is 16.3 Å². The Morgan fingerprint density at radius 1 is 1.14 bits per heavy atom. The molecule has 2 N–H and O–H groups in total. The van der Waals surface area contributed by atoms with E-state index in [-0.39, 0.29) is 17.2 Å². The van der Waals surface area contributed by atoms with Crippen molar-refractivity contribution in [2.45, 2.75) is 45.1 Å². The molecular weight excluding hydrogens is 450 g/mol. The number of amidine groups is 1. The average Bonchev–Trinajstić information content (AvgIpc) is 3.78. The van der Waals surface area contributed by atoms with Crippen molar-refractivity contribution in [3.63, 3.8) is 0 Å². The molecule has 1 saturated heterocycles. The summed E-state index contributed by atoms with van der Waals surface area (Å²) in [7, 11) is 1.86. The van der Waals surface area contributed by atoms with Crippen LogP contribution in [0.1, 0.15) is 49.3 Å². The molecule has 2 aromatic rings. The summed E-state index contributed by atoms with van der Waals surface area (Å²) in [6, 6.07) is 12.4. The van der Waals surface area contributed by atoms with Gasteiger partial charge in [-0.25, -0.2) is 0 Å². The van der Waals surface area contributed by atoms with Crippen LogP contribution in [-0.2, 0) is 9.59 Å². The quantitative estimate of drug-likeness (QED) is 0.582. The maximum absolute atomic E-state index is 13.4. The minimum absolute atomic E-state index is 0.126. The lowest BCUT2D eigenvalue weighted by atomic mass is 9.95. The molecule has 0 aromatic heterocycles. The van der Waals surface area contributed by atoms with Crippen LogP contribution in [-0.4, -0.2) is 65.9 Å². The molecule has 4 aliphatic rings. The van der Waals surface area contributed by atoms with E-state index >= 15 is 0 Å². The first-order chi connectivity index (χ1) is 17.3. The van der Waals surface area contributed by atoms with Crippen LogP contribution in [0.4, 0.5) is 5.69 Å². The van der Waals surface area contributed by atoms with Crippen LogP contribution in [0, 0.1) is 23.7 Å². The number of aryl methyl sites for hydroxylation is 1. The number of rotatable bonds is 7. The number of benzene rings is 2. The van der Waals surface area contributed by atoms with Gasteiger partial charge in [-0.05, 0) is 55.4 Å². The Kier molecular flexibility index (Phi) is 5.11. The molecule has 2 saturated carbocycles. The number of nitrogens with zero attached hydrogens (tertiary/aromatic N) is 3. The highest BCUT2D eigenvalue weighted by Crippen LogP contribution is 2.48. The zero-order valence-corrected chi connectivity index (χ0v) is 21.2. The summed E-state index contributed by atoms with van der Waals surface area (Å²) in [4.78, 5) is 34.8. The predicted molar refractivity (Wildman–Crippen MR) is 142 cm³/mol. The van der Waals surface area contributed by atoms with Crippen molar-refractivity contribution in [1.82, 2.24) is 9.80 Å². The van der Waals surface area contributed by atoms with E-state index < -0.39 is 5.54 Å². The number of likely N-dealkylation sites (tertiary alicyclic amines) is 1. The summed E-state index contributed by atoms with van der Waals surface area (Å²) in [5, 5.41) is 10.8. The first-order valence-electron chi connectivity index (χ1n) is 12.9. The van der Waals surface area contributed by atoms with Crippen LogP contribution in [0.5, 0.6) is 0 Å². The van der Waals surface area contributed by atoms with Crippen molar-refractivity contribution in [3.8, 4) is 11.1 Å². The fraction of sp³-hybridized carbons (Fsp3) is 0.448. The second kappa shape index (κ2) is 8.02. The molecule has 7 heteroatoms. The lowest BCUT2D eigenvalue weighted by molar-refractivity contribution is -0.143. The number of hydrogen-bond acceptors (Lipinski definition) is 5. The standard InChI is InChI=1S/C29H33N5O2/c1-18-12-20(21-4-5-22(14-30)24(13-21)31-3)6-7-23(18)25-32-29(10-11-29)27(36)34(25)17-19-15-33(16-19)26(35)28(2)8-9-28/h4-7,12-14,19,30-31H,8-11,15-17H2,1-3H3. The Labute approximate surface area is 212 Å². The van der Waals surface area contributed by atoms with Crippen LogP contribution < -0.4 is 5.32 Å². The fourth-order valence-electron chi connectivity index (χ4n) is 5.54. The van der Waals surface area contributed by atoms with Crippen molar-refractivity contribution in [3.05, 3.63) is 53.1 Å². The van der Waals surface area contributed by atoms with Crippen LogP contribution in [0.2, 0.25) is 0 Å². The molecule has 0 unspecified atom stereocenters. The van der Waals surface area contributed by atoms with E-state index in [0.29, 0.717) is 12.5 Å². The van der Waals surface area contributed by atoms with Crippen LogP contribution in [0.15, 0.2) is 41.4 Å². The van der Waals surface area contributed by atoms with E-state index in [1.807, 2.05) is 29.0 Å². The largest absolute Gasteiger partial charge is 0.388 e. The Bertz CT molecular complexity index is 1310. The first kappa shape index (κ1) is 23.0. The topological polar surface area (TPSA) is 88.9 Å². The summed E-state index contributed by atoms with van der Waals surface area (Å²) in [6.45, 7) is 6.22. The molecule has 186 valence electrons. The summed E-state index contributed by atoms with van der Waals surface area (Å²) in [5.41, 5.74) is 5.32. The van der Waals surface area contributed by atoms with Gasteiger partial charge in [0, 0.05) is 61.0 Å². The van der Waals surface area contributed by atoms with Gasteiger partial charge in [0.25, 0.3) is 5.91 Å². The third-order valence-corrected chi connectivity index (χ3v) is 8.42. The van der Waals surface area contributed by atoms with Crippen molar-refractivity contribution >= 4 is 29.6 Å². The third-order valence-electron chi connectivity index (χ3n) is 8.42. The molecule has 2 amide bonds. The van der Waals surface area contributed by atoms with Gasteiger partial charge in [-0.1, -0.05) is 37.3 Å². The number of carbonyl (C=O) groups excluding carboxylic acids is 2. The highest BCUT2D eigenvalue weighted by Gasteiger charge is 2.58. The molecule has 0 atom stereocenters. The van der Waals surface area contributed by atoms with E-state index in [0.717, 1.165) is 78.1 Å². The molecule has 0 bridgehead atoms. The Hall–Kier alpha value is -3.48. The third kappa shape index (κ3) is 3.64. The monoisotopic (exact) mass is 483 g/mol. The van der Waals surface area contributed by atoms with Gasteiger partial charge in [0.2, 0.25) is 5.91 Å². The van der Waals surface area contributed by atoms with Crippen molar-refractivity contribution in [2.75, 3.05) is 32.0 Å². The molecule has 7 nitrogen and oxygen atoms in total. The molecule has 36 heavy (non-hydrogen) atoms. The number of hydrogen-bond donors (Lipinski definition) is 2. The molecule has 2 aliphatic heterocycles. The average molecular weight is 484 g/mol. The van der Waals surface area contributed by atoms with Crippen molar-refractivity contribution < 1.29 is 9.59 Å². The number of aliphatic imine (C=N–C) groups is 1. The zero-order valence-electron chi connectivity index (χ0n) is 21.2. The van der Waals surface area contributed by atoms with Crippen molar-refractivity contribution in [1.29, 1.82) is 5.41 Å². The maximum atomic E-state index is 13.4. The first-order valence-corrected chi connectivity index (χ1v) is 12.9. The summed E-state index contributed by atoms with van der Waals surface area (Å²) >= 11 is 0. The summed E-state index contributed by atoms with van der Waals surface area (Å²) < 4.78 is 0. The molecule has 1 spiro atoms. The molecule has 2 aliphatic carbocycles. The SMILES string of the molecule is CNc1cc(-c2ccc(C3=NC4(CC4)C(=O)N3CC3CN(C(=O)C4(C)CC4)C3)c(C)c2)ccc1C=N. The molecule has 2 heterocycles. The molecule has 3 fully saturated rings. The minimum atomic E-state index is -0.550. The molecular formula is C29H33N5O2. The Morgan fingerprint density at radius 3 is 2.44 bits per heavy atom. The highest BCUT2D eigenvalue weighted by molar-refractivity contribution is 6.17. The van der Waals surface area contributed by atoms with Gasteiger partial charge in [-0.2, -0.15) is 0 Å². The van der Waals surface area contributed by atoms with Gasteiger partial charge in [-0.15, -0.1) is 0 Å². The number of carbonyl (C=O) groups is 2. The summed E-state index contributed by atoms with van der Waals surface area (Å²) in [6.07, 6.45) is 4.99. The normalized spacial score (nSPS) is 21.3. The van der Waals surface area contributed by atoms with Gasteiger partial charge in [0.05, 0.1) is 0 Å². The van der Waals surface area contributed by atoms with Crippen LogP contribution in [0.25, 0.3) is 11.1 Å². The number of nitrogens with one attached hydrogen (secondary N) is 2. The smallest absolute Gasteiger partial charge is 0.256 e. The van der Waals surface area contributed by atoms with E-state index in [4.69, 9.17) is 10.4 Å². The van der Waals surface area contributed by atoms with Crippen LogP contribution in [0.3, 0.4) is 0 Å². The Morgan fingerprint density at radius 2 is 1.83 bits per heavy atom. The summed E-state index contributed by atoms with van der Waals surface area (Å²) in [5.74, 6) is 1.49. The maximum Gasteiger partial charge on any atom is 0.256 e. The Balaban J connectivity index is 1.23. The van der Waals surface area contributed by atoms with Gasteiger partial charge in [-0.3, -0.25) is 19.5 Å². The van der Waals surface area contributed by atoms with E-state index in [2.05, 4.69) is 43.4 Å². The lowest BCUT2D eigenvalue weighted by Gasteiger charge is -2.42. The molecule has 2 aromatic carbocycles. The van der Waals surface area contributed by atoms with Gasteiger partial charge >= 0.3 is 0 Å². The fourth-order valence-corrected chi connectivity index (χ4v) is 5.54. The van der Waals surface area contributed by atoms with E-state index in [1.54, 1.807) is 0 Å². The molecule has 6 rings (SSSR count). The second-order valence-electron chi connectivity index (χ2n) is 11.2. The van der Waals surface area contributed by atoms with E-state index in [1.165, 1.54) is 6.21 Å². The minimum Gasteiger partial charge on any atom is -0.388 e. The van der Waals surface area contributed by atoms with E-state index in [9.17, 15) is 9.59 Å². The number of anilines is 1. The molecule has 0 radical (unpaired) electrons. The van der Waals surface area contributed by atoms with Gasteiger partial charge < -0.3 is 15.6 Å². The number of amides is 2. The highest BCUT2D eigenvalue weighted by atomic mass is 16.2. The lowest BCUT2D eigenvalue weighted by Crippen LogP contribution is -2.56. The zero-order chi connectivity index (χ0) is 25.2. The van der Waals surface area contributed by atoms with Gasteiger partial charge in [0.15, 0.2) is 0 Å². The predicted octanol–water partition coefficient (Wildman–Crippen LogP) is 4.08. The second-order valence-corrected chi connectivity index (χ2v) is 11.2. The van der Waals surface area contributed by atoms with Crippen LogP contribution >= 0.6 is 0 Å².